The fourth-order valence-corrected chi connectivity index (χ4v) is 3.11. The summed E-state index contributed by atoms with van der Waals surface area (Å²) in [5, 5.41) is 0. The molecule has 0 amide bonds. The molecular weight excluding hydrogens is 344 g/mol. The SMILES string of the molecule is CC#Cc1cc(OC)ccc1-c1ccc(-c2ccc(OC)cc2C#CC)cc1. The molecule has 3 aromatic carbocycles. The Morgan fingerprint density at radius 1 is 0.571 bits per heavy atom. The molecule has 0 bridgehead atoms. The summed E-state index contributed by atoms with van der Waals surface area (Å²) in [5.74, 6) is 13.9. The first-order valence-corrected chi connectivity index (χ1v) is 9.02. The average molecular weight is 366 g/mol. The first-order valence-electron chi connectivity index (χ1n) is 9.02. The zero-order valence-electron chi connectivity index (χ0n) is 16.6. The molecule has 0 unspecified atom stereocenters. The van der Waals surface area contributed by atoms with Crippen LogP contribution in [0.15, 0.2) is 60.7 Å². The van der Waals surface area contributed by atoms with Crippen LogP contribution < -0.4 is 9.47 Å². The molecule has 0 saturated heterocycles. The summed E-state index contributed by atoms with van der Waals surface area (Å²) < 4.78 is 10.7. The van der Waals surface area contributed by atoms with Gasteiger partial charge >= 0.3 is 0 Å². The molecule has 0 radical (unpaired) electrons. The number of rotatable bonds is 4. The van der Waals surface area contributed by atoms with E-state index in [0.717, 1.165) is 44.9 Å². The Morgan fingerprint density at radius 2 is 0.964 bits per heavy atom. The first-order chi connectivity index (χ1) is 13.7. The molecule has 0 atom stereocenters. The molecule has 3 rings (SSSR count). The largest absolute Gasteiger partial charge is 0.497 e. The molecule has 0 spiro atoms. The van der Waals surface area contributed by atoms with Crippen molar-refractivity contribution >= 4 is 0 Å². The van der Waals surface area contributed by atoms with Crippen molar-refractivity contribution in [3.8, 4) is 57.4 Å². The van der Waals surface area contributed by atoms with Crippen molar-refractivity contribution in [1.29, 1.82) is 0 Å². The van der Waals surface area contributed by atoms with Crippen molar-refractivity contribution in [1.82, 2.24) is 0 Å². The van der Waals surface area contributed by atoms with Crippen LogP contribution in [0, 0.1) is 23.7 Å². The van der Waals surface area contributed by atoms with Crippen molar-refractivity contribution in [3.63, 3.8) is 0 Å². The second kappa shape index (κ2) is 8.85. The number of hydrogen-bond donors (Lipinski definition) is 0. The number of hydrogen-bond acceptors (Lipinski definition) is 2. The highest BCUT2D eigenvalue weighted by molar-refractivity contribution is 5.77. The van der Waals surface area contributed by atoms with Crippen molar-refractivity contribution in [2.75, 3.05) is 14.2 Å². The third kappa shape index (κ3) is 4.03. The molecule has 0 heterocycles. The summed E-state index contributed by atoms with van der Waals surface area (Å²) >= 11 is 0. The van der Waals surface area contributed by atoms with Crippen LogP contribution in [0.2, 0.25) is 0 Å². The summed E-state index contributed by atoms with van der Waals surface area (Å²) in [7, 11) is 3.33. The van der Waals surface area contributed by atoms with Gasteiger partial charge in [0.1, 0.15) is 11.5 Å². The maximum absolute atomic E-state index is 5.33. The molecule has 0 aromatic heterocycles. The minimum atomic E-state index is 0.805. The van der Waals surface area contributed by atoms with Gasteiger partial charge < -0.3 is 9.47 Å². The van der Waals surface area contributed by atoms with Gasteiger partial charge in [-0.05, 0) is 72.5 Å². The molecule has 0 saturated carbocycles. The third-order valence-electron chi connectivity index (χ3n) is 4.48. The molecule has 3 aromatic rings. The number of benzene rings is 3. The highest BCUT2D eigenvalue weighted by Crippen LogP contribution is 2.31. The average Bonchev–Trinajstić information content (AvgIpc) is 2.74. The lowest BCUT2D eigenvalue weighted by molar-refractivity contribution is 0.414. The number of methoxy groups -OCH3 is 2. The van der Waals surface area contributed by atoms with Crippen LogP contribution in [-0.4, -0.2) is 14.2 Å². The first kappa shape index (κ1) is 19.2. The highest BCUT2D eigenvalue weighted by atomic mass is 16.5. The predicted octanol–water partition coefficient (Wildman–Crippen LogP) is 5.78. The zero-order valence-corrected chi connectivity index (χ0v) is 16.6. The molecular formula is C26H22O2. The van der Waals surface area contributed by atoms with E-state index in [-0.39, 0.29) is 0 Å². The van der Waals surface area contributed by atoms with Gasteiger partial charge in [0, 0.05) is 11.1 Å². The monoisotopic (exact) mass is 366 g/mol. The van der Waals surface area contributed by atoms with E-state index < -0.39 is 0 Å². The summed E-state index contributed by atoms with van der Waals surface area (Å²) in [6.45, 7) is 3.68. The minimum absolute atomic E-state index is 0.805. The fraction of sp³-hybridized carbons (Fsp3) is 0.154. The van der Waals surface area contributed by atoms with E-state index in [1.54, 1.807) is 14.2 Å². The minimum Gasteiger partial charge on any atom is -0.497 e. The smallest absolute Gasteiger partial charge is 0.120 e. The van der Waals surface area contributed by atoms with E-state index in [4.69, 9.17) is 9.47 Å². The zero-order chi connectivity index (χ0) is 19.9. The Bertz CT molecular complexity index is 1010. The van der Waals surface area contributed by atoms with Crippen molar-refractivity contribution < 1.29 is 9.47 Å². The van der Waals surface area contributed by atoms with E-state index >= 15 is 0 Å². The Kier molecular flexibility index (Phi) is 6.05. The van der Waals surface area contributed by atoms with Gasteiger partial charge in [-0.3, -0.25) is 0 Å². The van der Waals surface area contributed by atoms with Crippen molar-refractivity contribution in [2.24, 2.45) is 0 Å². The van der Waals surface area contributed by atoms with Crippen LogP contribution in [0.5, 0.6) is 11.5 Å². The van der Waals surface area contributed by atoms with E-state index in [2.05, 4.69) is 60.1 Å². The van der Waals surface area contributed by atoms with E-state index in [9.17, 15) is 0 Å². The molecule has 0 fully saturated rings. The Hall–Kier alpha value is -3.62. The Morgan fingerprint density at radius 3 is 1.29 bits per heavy atom. The highest BCUT2D eigenvalue weighted by Gasteiger charge is 2.09. The van der Waals surface area contributed by atoms with Crippen molar-refractivity contribution in [2.45, 2.75) is 13.8 Å². The lowest BCUT2D eigenvalue weighted by Gasteiger charge is -2.11. The maximum Gasteiger partial charge on any atom is 0.120 e. The molecule has 138 valence electrons. The summed E-state index contributed by atoms with van der Waals surface area (Å²) in [5.41, 5.74) is 6.31. The second-order valence-corrected chi connectivity index (χ2v) is 6.15. The van der Waals surface area contributed by atoms with Crippen LogP contribution in [-0.2, 0) is 0 Å². The third-order valence-corrected chi connectivity index (χ3v) is 4.48. The standard InChI is InChI=1S/C26H22O2/c1-5-7-21-17-23(27-3)13-15-25(21)19-9-11-20(12-10-19)26-16-14-24(28-4)18-22(26)8-6-2/h9-18H,1-4H3. The van der Waals surface area contributed by atoms with E-state index in [0.29, 0.717) is 0 Å². The van der Waals surface area contributed by atoms with Gasteiger partial charge in [0.25, 0.3) is 0 Å². The fourth-order valence-electron chi connectivity index (χ4n) is 3.11. The topological polar surface area (TPSA) is 18.5 Å². The number of ether oxygens (including phenoxy) is 2. The summed E-state index contributed by atoms with van der Waals surface area (Å²) in [6, 6.07) is 20.4. The van der Waals surface area contributed by atoms with Crippen LogP contribution in [0.25, 0.3) is 22.3 Å². The van der Waals surface area contributed by atoms with Crippen molar-refractivity contribution in [3.05, 3.63) is 71.8 Å². The van der Waals surface area contributed by atoms with Crippen LogP contribution in [0.4, 0.5) is 0 Å². The van der Waals surface area contributed by atoms with Crippen LogP contribution in [0.3, 0.4) is 0 Å². The molecule has 28 heavy (non-hydrogen) atoms. The lowest BCUT2D eigenvalue weighted by atomic mass is 9.95. The van der Waals surface area contributed by atoms with Crippen LogP contribution in [0.1, 0.15) is 25.0 Å². The predicted molar refractivity (Wildman–Crippen MR) is 116 cm³/mol. The second-order valence-electron chi connectivity index (χ2n) is 6.15. The van der Waals surface area contributed by atoms with Crippen LogP contribution >= 0.6 is 0 Å². The molecule has 2 nitrogen and oxygen atoms in total. The molecule has 2 heteroatoms. The van der Waals surface area contributed by atoms with Gasteiger partial charge in [-0.2, -0.15) is 0 Å². The molecule has 0 aliphatic carbocycles. The molecule has 0 N–H and O–H groups in total. The molecule has 0 aliphatic rings. The van der Waals surface area contributed by atoms with Gasteiger partial charge in [-0.25, -0.2) is 0 Å². The Labute approximate surface area is 167 Å². The summed E-state index contributed by atoms with van der Waals surface area (Å²) in [6.07, 6.45) is 0. The quantitative estimate of drug-likeness (QED) is 0.545. The van der Waals surface area contributed by atoms with Gasteiger partial charge in [0.15, 0.2) is 0 Å². The van der Waals surface area contributed by atoms with Gasteiger partial charge in [0.05, 0.1) is 14.2 Å². The maximum atomic E-state index is 5.33. The lowest BCUT2D eigenvalue weighted by Crippen LogP contribution is -1.90. The Balaban J connectivity index is 2.03. The molecule has 0 aliphatic heterocycles. The normalized spacial score (nSPS) is 9.57. The van der Waals surface area contributed by atoms with Gasteiger partial charge in [0.2, 0.25) is 0 Å². The van der Waals surface area contributed by atoms with E-state index in [1.807, 2.05) is 38.1 Å². The van der Waals surface area contributed by atoms with E-state index in [1.165, 1.54) is 0 Å². The summed E-state index contributed by atoms with van der Waals surface area (Å²) in [4.78, 5) is 0. The van der Waals surface area contributed by atoms with Gasteiger partial charge in [-0.15, -0.1) is 11.8 Å². The van der Waals surface area contributed by atoms with Gasteiger partial charge in [-0.1, -0.05) is 36.1 Å².